The summed E-state index contributed by atoms with van der Waals surface area (Å²) >= 11 is 0. The van der Waals surface area contributed by atoms with E-state index >= 15 is 0 Å². The quantitative estimate of drug-likeness (QED) is 0.0293. The number of ether oxygens (including phenoxy) is 2. The maximum atomic E-state index is 13.1. The third kappa shape index (κ3) is 38.4. The molecule has 0 aromatic carbocycles. The van der Waals surface area contributed by atoms with Crippen molar-refractivity contribution >= 4 is 5.91 Å². The molecule has 0 spiro atoms. The van der Waals surface area contributed by atoms with Gasteiger partial charge in [0.2, 0.25) is 5.91 Å². The standard InChI is InChI=1S/C59H117NO9/c1-3-5-7-9-11-13-15-17-19-21-23-25-26-28-30-32-34-36-38-40-42-44-46-48-54(63)60-51(50-68-59-58(67)57(66)56(65)53(49-61)69-59)55(64)52(62)47-45-43-41-39-37-35-33-31-29-27-24-22-20-18-16-14-12-10-8-6-4-2/h51-53,55-59,61-62,64-67H,3-50H2,1-2H3,(H,60,63)/t51-,52+,53+,55-,56-,57-,58+,59-/m0/s1. The van der Waals surface area contributed by atoms with E-state index in [0.717, 1.165) is 38.5 Å². The first-order chi connectivity index (χ1) is 33.8. The summed E-state index contributed by atoms with van der Waals surface area (Å²) in [5.74, 6) is -0.249. The molecule has 0 saturated carbocycles. The summed E-state index contributed by atoms with van der Waals surface area (Å²) in [5, 5.41) is 65.7. The highest BCUT2D eigenvalue weighted by molar-refractivity contribution is 5.76. The van der Waals surface area contributed by atoms with E-state index in [9.17, 15) is 35.4 Å². The minimum atomic E-state index is -1.60. The van der Waals surface area contributed by atoms with Crippen LogP contribution in [0.4, 0.5) is 0 Å². The Balaban J connectivity index is 2.22. The summed E-state index contributed by atoms with van der Waals surface area (Å²) in [7, 11) is 0. The highest BCUT2D eigenvalue weighted by atomic mass is 16.7. The van der Waals surface area contributed by atoms with Crippen LogP contribution in [-0.2, 0) is 14.3 Å². The van der Waals surface area contributed by atoms with E-state index < -0.39 is 55.6 Å². The van der Waals surface area contributed by atoms with Crippen LogP contribution in [0.2, 0.25) is 0 Å². The van der Waals surface area contributed by atoms with Gasteiger partial charge in [0.1, 0.15) is 30.5 Å². The molecule has 0 radical (unpaired) electrons. The highest BCUT2D eigenvalue weighted by Gasteiger charge is 2.44. The summed E-state index contributed by atoms with van der Waals surface area (Å²) in [4.78, 5) is 13.1. The zero-order valence-corrected chi connectivity index (χ0v) is 45.5. The number of carbonyl (C=O) groups excluding carboxylic acids is 1. The predicted octanol–water partition coefficient (Wildman–Crippen LogP) is 14.0. The number of aliphatic hydroxyl groups is 6. The van der Waals surface area contributed by atoms with Gasteiger partial charge < -0.3 is 45.4 Å². The van der Waals surface area contributed by atoms with E-state index in [1.807, 2.05) is 0 Å². The normalized spacial score (nSPS) is 19.8. The summed E-state index contributed by atoms with van der Waals surface area (Å²) < 4.78 is 11.2. The van der Waals surface area contributed by atoms with Gasteiger partial charge in [0.25, 0.3) is 0 Å². The summed E-state index contributed by atoms with van der Waals surface area (Å²) in [5.41, 5.74) is 0. The molecule has 0 aromatic heterocycles. The van der Waals surface area contributed by atoms with E-state index in [1.54, 1.807) is 0 Å². The molecule has 1 fully saturated rings. The highest BCUT2D eigenvalue weighted by Crippen LogP contribution is 2.24. The molecule has 8 atom stereocenters. The van der Waals surface area contributed by atoms with Crippen molar-refractivity contribution in [3.63, 3.8) is 0 Å². The van der Waals surface area contributed by atoms with Crippen LogP contribution in [0.1, 0.15) is 309 Å². The fraction of sp³-hybridized carbons (Fsp3) is 0.983. The van der Waals surface area contributed by atoms with Gasteiger partial charge in [-0.2, -0.15) is 0 Å². The van der Waals surface area contributed by atoms with Crippen molar-refractivity contribution in [1.29, 1.82) is 0 Å². The fourth-order valence-electron chi connectivity index (χ4n) is 10.2. The number of rotatable bonds is 53. The Morgan fingerprint density at radius 2 is 0.754 bits per heavy atom. The van der Waals surface area contributed by atoms with Crippen molar-refractivity contribution in [2.24, 2.45) is 0 Å². The third-order valence-corrected chi connectivity index (χ3v) is 15.1. The molecular formula is C59H117NO9. The number of aliphatic hydroxyl groups excluding tert-OH is 6. The lowest BCUT2D eigenvalue weighted by atomic mass is 9.98. The zero-order chi connectivity index (χ0) is 50.3. The SMILES string of the molecule is CCCCCCCCCCCCCCCCCCCCCCCCCC(=O)N[C@@H](CO[C@H]1O[C@H](CO)[C@H](O)[C@H](O)[C@H]1O)[C@H](O)[C@H](O)CCCCCCCCCCCCCCCCCCCCCCC. The lowest BCUT2D eigenvalue weighted by molar-refractivity contribution is -0.303. The second-order valence-corrected chi connectivity index (χ2v) is 21.7. The van der Waals surface area contributed by atoms with Gasteiger partial charge in [-0.1, -0.05) is 290 Å². The Bertz CT molecular complexity index is 1070. The van der Waals surface area contributed by atoms with Gasteiger partial charge in [-0.15, -0.1) is 0 Å². The number of hydrogen-bond acceptors (Lipinski definition) is 9. The molecule has 10 heteroatoms. The van der Waals surface area contributed by atoms with Gasteiger partial charge in [0.15, 0.2) is 6.29 Å². The molecule has 10 nitrogen and oxygen atoms in total. The van der Waals surface area contributed by atoms with Gasteiger partial charge in [-0.05, 0) is 12.8 Å². The molecule has 1 aliphatic rings. The van der Waals surface area contributed by atoms with Crippen molar-refractivity contribution in [3.8, 4) is 0 Å². The van der Waals surface area contributed by atoms with Gasteiger partial charge in [-0.3, -0.25) is 4.79 Å². The summed E-state index contributed by atoms with van der Waals surface area (Å²) in [6.45, 7) is 3.67. The van der Waals surface area contributed by atoms with Gasteiger partial charge >= 0.3 is 0 Å². The molecule has 0 bridgehead atoms. The number of unbranched alkanes of at least 4 members (excludes halogenated alkanes) is 42. The molecule has 1 saturated heterocycles. The molecule has 1 heterocycles. The summed E-state index contributed by atoms with van der Waals surface area (Å²) in [6.07, 6.45) is 48.4. The largest absolute Gasteiger partial charge is 0.394 e. The van der Waals surface area contributed by atoms with Crippen LogP contribution in [0.5, 0.6) is 0 Å². The molecule has 0 unspecified atom stereocenters. The Morgan fingerprint density at radius 3 is 1.07 bits per heavy atom. The molecular weight excluding hydrogens is 867 g/mol. The minimum Gasteiger partial charge on any atom is -0.394 e. The van der Waals surface area contributed by atoms with Crippen molar-refractivity contribution in [2.75, 3.05) is 13.2 Å². The molecule has 69 heavy (non-hydrogen) atoms. The molecule has 412 valence electrons. The van der Waals surface area contributed by atoms with Crippen LogP contribution < -0.4 is 5.32 Å². The third-order valence-electron chi connectivity index (χ3n) is 15.1. The molecule has 1 amide bonds. The first-order valence-electron chi connectivity index (χ1n) is 30.3. The summed E-state index contributed by atoms with van der Waals surface area (Å²) in [6, 6.07) is -0.987. The molecule has 0 aromatic rings. The first kappa shape index (κ1) is 66.2. The first-order valence-corrected chi connectivity index (χ1v) is 30.3. The van der Waals surface area contributed by atoms with Crippen LogP contribution >= 0.6 is 0 Å². The number of nitrogens with one attached hydrogen (secondary N) is 1. The number of amides is 1. The Kier molecular flexibility index (Phi) is 47.3. The molecule has 7 N–H and O–H groups in total. The van der Waals surface area contributed by atoms with Gasteiger partial charge in [-0.25, -0.2) is 0 Å². The van der Waals surface area contributed by atoms with Crippen molar-refractivity contribution in [3.05, 3.63) is 0 Å². The number of hydrogen-bond donors (Lipinski definition) is 7. The van der Waals surface area contributed by atoms with E-state index in [2.05, 4.69) is 19.2 Å². The zero-order valence-electron chi connectivity index (χ0n) is 45.5. The van der Waals surface area contributed by atoms with Crippen molar-refractivity contribution in [1.82, 2.24) is 5.32 Å². The Labute approximate surface area is 426 Å². The monoisotopic (exact) mass is 984 g/mol. The van der Waals surface area contributed by atoms with Crippen LogP contribution in [0.25, 0.3) is 0 Å². The topological polar surface area (TPSA) is 169 Å². The predicted molar refractivity (Wildman–Crippen MR) is 287 cm³/mol. The molecule has 0 aliphatic carbocycles. The lowest BCUT2D eigenvalue weighted by Gasteiger charge is -2.40. The molecule has 1 aliphatic heterocycles. The maximum absolute atomic E-state index is 13.1. The Morgan fingerprint density at radius 1 is 0.449 bits per heavy atom. The smallest absolute Gasteiger partial charge is 0.220 e. The van der Waals surface area contributed by atoms with Crippen LogP contribution in [0.15, 0.2) is 0 Å². The van der Waals surface area contributed by atoms with Gasteiger partial charge in [0, 0.05) is 6.42 Å². The van der Waals surface area contributed by atoms with E-state index in [-0.39, 0.29) is 18.9 Å². The van der Waals surface area contributed by atoms with E-state index in [4.69, 9.17) is 9.47 Å². The van der Waals surface area contributed by atoms with Gasteiger partial charge in [0.05, 0.1) is 25.4 Å². The Hall–Kier alpha value is -0.850. The minimum absolute atomic E-state index is 0.249. The number of carbonyl (C=O) groups is 1. The maximum Gasteiger partial charge on any atom is 0.220 e. The van der Waals surface area contributed by atoms with Crippen LogP contribution in [0, 0.1) is 0 Å². The van der Waals surface area contributed by atoms with E-state index in [1.165, 1.54) is 244 Å². The van der Waals surface area contributed by atoms with Crippen LogP contribution in [0.3, 0.4) is 0 Å². The average molecular weight is 985 g/mol. The molecule has 1 rings (SSSR count). The fourth-order valence-corrected chi connectivity index (χ4v) is 10.2. The second kappa shape index (κ2) is 49.4. The van der Waals surface area contributed by atoms with E-state index in [0.29, 0.717) is 6.42 Å². The second-order valence-electron chi connectivity index (χ2n) is 21.7. The van der Waals surface area contributed by atoms with Crippen molar-refractivity contribution in [2.45, 2.75) is 358 Å². The average Bonchev–Trinajstić information content (AvgIpc) is 3.35. The lowest BCUT2D eigenvalue weighted by Crippen LogP contribution is -2.60. The van der Waals surface area contributed by atoms with Crippen molar-refractivity contribution < 1.29 is 44.9 Å². The van der Waals surface area contributed by atoms with Crippen LogP contribution in [-0.4, -0.2) is 98.7 Å².